The van der Waals surface area contributed by atoms with Crippen LogP contribution in [-0.4, -0.2) is 37.1 Å². The van der Waals surface area contributed by atoms with Crippen molar-refractivity contribution in [3.05, 3.63) is 54.1 Å². The lowest BCUT2D eigenvalue weighted by atomic mass is 10.0. The molecule has 1 fully saturated rings. The van der Waals surface area contributed by atoms with Crippen LogP contribution in [0.5, 0.6) is 0 Å². The molecule has 0 radical (unpaired) electrons. The summed E-state index contributed by atoms with van der Waals surface area (Å²) in [7, 11) is 1.68. The first-order chi connectivity index (χ1) is 11.8. The van der Waals surface area contributed by atoms with E-state index in [9.17, 15) is 4.79 Å². The van der Waals surface area contributed by atoms with Crippen LogP contribution in [0.25, 0.3) is 16.8 Å². The molecule has 0 aliphatic heterocycles. The van der Waals surface area contributed by atoms with E-state index in [1.165, 1.54) is 23.6 Å². The van der Waals surface area contributed by atoms with Crippen molar-refractivity contribution in [3.63, 3.8) is 0 Å². The molecular formula is C21H25NO2. The SMILES string of the molecule is COCCN(C(=O)/C=C/c1cccc2ccccc12)C1CCCC1. The Bertz CT molecular complexity index is 711. The first-order valence-electron chi connectivity index (χ1n) is 8.75. The maximum Gasteiger partial charge on any atom is 0.246 e. The molecule has 0 unspecified atom stereocenters. The second-order valence-corrected chi connectivity index (χ2v) is 6.36. The summed E-state index contributed by atoms with van der Waals surface area (Å²) >= 11 is 0. The van der Waals surface area contributed by atoms with E-state index in [1.54, 1.807) is 13.2 Å². The third-order valence-corrected chi connectivity index (χ3v) is 4.81. The molecule has 126 valence electrons. The van der Waals surface area contributed by atoms with Gasteiger partial charge in [0.05, 0.1) is 6.61 Å². The van der Waals surface area contributed by atoms with Crippen LogP contribution in [0.3, 0.4) is 0 Å². The van der Waals surface area contributed by atoms with Crippen LogP contribution in [0.1, 0.15) is 31.2 Å². The van der Waals surface area contributed by atoms with Crippen LogP contribution in [0.4, 0.5) is 0 Å². The average molecular weight is 323 g/mol. The van der Waals surface area contributed by atoms with E-state index >= 15 is 0 Å². The molecule has 1 aliphatic carbocycles. The van der Waals surface area contributed by atoms with Gasteiger partial charge in [-0.25, -0.2) is 0 Å². The average Bonchev–Trinajstić information content (AvgIpc) is 3.14. The Morgan fingerprint density at radius 3 is 2.71 bits per heavy atom. The number of hydrogen-bond donors (Lipinski definition) is 0. The van der Waals surface area contributed by atoms with Crippen molar-refractivity contribution in [2.24, 2.45) is 0 Å². The van der Waals surface area contributed by atoms with Crippen LogP contribution < -0.4 is 0 Å². The fourth-order valence-electron chi connectivity index (χ4n) is 3.53. The van der Waals surface area contributed by atoms with E-state index in [-0.39, 0.29) is 5.91 Å². The van der Waals surface area contributed by atoms with E-state index in [0.29, 0.717) is 19.2 Å². The van der Waals surface area contributed by atoms with Gasteiger partial charge in [-0.2, -0.15) is 0 Å². The molecule has 0 spiro atoms. The molecule has 24 heavy (non-hydrogen) atoms. The standard InChI is InChI=1S/C21H25NO2/c1-24-16-15-22(19-10-3-4-11-19)21(23)14-13-18-9-6-8-17-7-2-5-12-20(17)18/h2,5-9,12-14,19H,3-4,10-11,15-16H2,1H3/b14-13+. The smallest absolute Gasteiger partial charge is 0.246 e. The highest BCUT2D eigenvalue weighted by atomic mass is 16.5. The lowest BCUT2D eigenvalue weighted by molar-refractivity contribution is -0.128. The van der Waals surface area contributed by atoms with Gasteiger partial charge >= 0.3 is 0 Å². The highest BCUT2D eigenvalue weighted by Gasteiger charge is 2.24. The largest absolute Gasteiger partial charge is 0.383 e. The Labute approximate surface area is 143 Å². The van der Waals surface area contributed by atoms with Crippen molar-refractivity contribution in [1.82, 2.24) is 4.90 Å². The van der Waals surface area contributed by atoms with E-state index in [2.05, 4.69) is 24.3 Å². The Balaban J connectivity index is 1.78. The number of nitrogens with zero attached hydrogens (tertiary/aromatic N) is 1. The van der Waals surface area contributed by atoms with Gasteiger partial charge in [0.15, 0.2) is 0 Å². The summed E-state index contributed by atoms with van der Waals surface area (Å²) in [5.41, 5.74) is 1.08. The van der Waals surface area contributed by atoms with Gasteiger partial charge in [0.1, 0.15) is 0 Å². The van der Waals surface area contributed by atoms with Gasteiger partial charge in [0.25, 0.3) is 0 Å². The van der Waals surface area contributed by atoms with Gasteiger partial charge in [-0.15, -0.1) is 0 Å². The predicted molar refractivity (Wildman–Crippen MR) is 98.8 cm³/mol. The quantitative estimate of drug-likeness (QED) is 0.743. The third-order valence-electron chi connectivity index (χ3n) is 4.81. The summed E-state index contributed by atoms with van der Waals surface area (Å²) in [6.45, 7) is 1.25. The molecule has 0 atom stereocenters. The van der Waals surface area contributed by atoms with Gasteiger partial charge in [0, 0.05) is 25.8 Å². The van der Waals surface area contributed by atoms with Crippen LogP contribution in [0.2, 0.25) is 0 Å². The normalized spacial score (nSPS) is 15.4. The Kier molecular flexibility index (Phi) is 5.65. The van der Waals surface area contributed by atoms with Crippen molar-refractivity contribution in [1.29, 1.82) is 0 Å². The second kappa shape index (κ2) is 8.11. The minimum absolute atomic E-state index is 0.0897. The minimum atomic E-state index is 0.0897. The van der Waals surface area contributed by atoms with Crippen LogP contribution >= 0.6 is 0 Å². The van der Waals surface area contributed by atoms with Crippen molar-refractivity contribution in [3.8, 4) is 0 Å². The van der Waals surface area contributed by atoms with Crippen LogP contribution in [-0.2, 0) is 9.53 Å². The van der Waals surface area contributed by atoms with Gasteiger partial charge in [-0.3, -0.25) is 4.79 Å². The van der Waals surface area contributed by atoms with Crippen molar-refractivity contribution < 1.29 is 9.53 Å². The Hall–Kier alpha value is -2.13. The molecule has 2 aromatic carbocycles. The zero-order valence-electron chi connectivity index (χ0n) is 14.3. The molecule has 0 bridgehead atoms. The van der Waals surface area contributed by atoms with Crippen molar-refractivity contribution >= 4 is 22.8 Å². The maximum atomic E-state index is 12.7. The fraction of sp³-hybridized carbons (Fsp3) is 0.381. The molecule has 3 nitrogen and oxygen atoms in total. The number of fused-ring (bicyclic) bond motifs is 1. The van der Waals surface area contributed by atoms with E-state index in [4.69, 9.17) is 4.74 Å². The van der Waals surface area contributed by atoms with Crippen molar-refractivity contribution in [2.45, 2.75) is 31.7 Å². The van der Waals surface area contributed by atoms with Crippen molar-refractivity contribution in [2.75, 3.05) is 20.3 Å². The summed E-state index contributed by atoms with van der Waals surface area (Å²) in [4.78, 5) is 14.7. The molecule has 0 heterocycles. The molecule has 1 aliphatic rings. The zero-order valence-corrected chi connectivity index (χ0v) is 14.3. The summed E-state index contributed by atoms with van der Waals surface area (Å²) in [6, 6.07) is 14.8. The molecular weight excluding hydrogens is 298 g/mol. The highest BCUT2D eigenvalue weighted by molar-refractivity contribution is 5.96. The molecule has 0 saturated heterocycles. The highest BCUT2D eigenvalue weighted by Crippen LogP contribution is 2.24. The van der Waals surface area contributed by atoms with Gasteiger partial charge in [0.2, 0.25) is 5.91 Å². The lowest BCUT2D eigenvalue weighted by Gasteiger charge is -2.27. The zero-order chi connectivity index (χ0) is 16.8. The van der Waals surface area contributed by atoms with E-state index in [1.807, 2.05) is 29.2 Å². The van der Waals surface area contributed by atoms with E-state index < -0.39 is 0 Å². The third kappa shape index (κ3) is 3.85. The fourth-order valence-corrected chi connectivity index (χ4v) is 3.53. The molecule has 0 N–H and O–H groups in total. The first kappa shape index (κ1) is 16.7. The molecule has 0 aromatic heterocycles. The first-order valence-corrected chi connectivity index (χ1v) is 8.75. The maximum absolute atomic E-state index is 12.7. The minimum Gasteiger partial charge on any atom is -0.383 e. The number of amides is 1. The number of ether oxygens (including phenoxy) is 1. The summed E-state index contributed by atoms with van der Waals surface area (Å²) in [5, 5.41) is 2.37. The van der Waals surface area contributed by atoms with Crippen LogP contribution in [0, 0.1) is 0 Å². The Morgan fingerprint density at radius 1 is 1.17 bits per heavy atom. The number of hydrogen-bond acceptors (Lipinski definition) is 2. The number of benzene rings is 2. The number of methoxy groups -OCH3 is 1. The Morgan fingerprint density at radius 2 is 1.92 bits per heavy atom. The second-order valence-electron chi connectivity index (χ2n) is 6.36. The molecule has 1 saturated carbocycles. The van der Waals surface area contributed by atoms with Gasteiger partial charge in [-0.05, 0) is 35.3 Å². The van der Waals surface area contributed by atoms with E-state index in [0.717, 1.165) is 18.4 Å². The van der Waals surface area contributed by atoms with Gasteiger partial charge < -0.3 is 9.64 Å². The summed E-state index contributed by atoms with van der Waals surface area (Å²) in [6.07, 6.45) is 8.31. The monoisotopic (exact) mass is 323 g/mol. The predicted octanol–water partition coefficient (Wildman–Crippen LogP) is 4.27. The summed E-state index contributed by atoms with van der Waals surface area (Å²) < 4.78 is 5.18. The number of carbonyl (C=O) groups excluding carboxylic acids is 1. The molecule has 3 heteroatoms. The van der Waals surface area contributed by atoms with Gasteiger partial charge in [-0.1, -0.05) is 55.3 Å². The summed E-state index contributed by atoms with van der Waals surface area (Å²) in [5.74, 6) is 0.0897. The van der Waals surface area contributed by atoms with Crippen LogP contribution in [0.15, 0.2) is 48.5 Å². The lowest BCUT2D eigenvalue weighted by Crippen LogP contribution is -2.40. The molecule has 2 aromatic rings. The number of carbonyl (C=O) groups is 1. The molecule has 3 rings (SSSR count). The number of rotatable bonds is 6. The molecule has 1 amide bonds. The topological polar surface area (TPSA) is 29.5 Å².